The molecule has 0 spiro atoms. The molecular weight excluding hydrogens is 312 g/mol. The van der Waals surface area contributed by atoms with Gasteiger partial charge in [0.15, 0.2) is 18.1 Å². The van der Waals surface area contributed by atoms with Crippen LogP contribution in [0.5, 0.6) is 11.5 Å². The third-order valence-corrected chi connectivity index (χ3v) is 3.91. The summed E-state index contributed by atoms with van der Waals surface area (Å²) in [6, 6.07) is 4.90. The predicted molar refractivity (Wildman–Crippen MR) is 88.2 cm³/mol. The Morgan fingerprint density at radius 3 is 2.79 bits per heavy atom. The van der Waals surface area contributed by atoms with Crippen LogP contribution in [0.3, 0.4) is 0 Å². The molecule has 1 unspecified atom stereocenters. The van der Waals surface area contributed by atoms with Gasteiger partial charge in [0.1, 0.15) is 0 Å². The first-order valence-corrected chi connectivity index (χ1v) is 8.01. The number of amides is 2. The fourth-order valence-electron chi connectivity index (χ4n) is 2.69. The molecule has 0 aliphatic carbocycles. The lowest BCUT2D eigenvalue weighted by molar-refractivity contribution is -0.119. The second-order valence-corrected chi connectivity index (χ2v) is 5.69. The lowest BCUT2D eigenvalue weighted by Crippen LogP contribution is -2.29. The third kappa shape index (κ3) is 4.61. The van der Waals surface area contributed by atoms with Gasteiger partial charge in [-0.2, -0.15) is 0 Å². The second-order valence-electron chi connectivity index (χ2n) is 5.69. The SMILES string of the molecule is CCOCC1CCN(C(=O)c2ccc(OCC(N)=O)c(OC)c2)C1. The van der Waals surface area contributed by atoms with Crippen molar-refractivity contribution in [2.75, 3.05) is 40.0 Å². The molecule has 132 valence electrons. The average molecular weight is 336 g/mol. The molecule has 1 atom stereocenters. The molecule has 2 N–H and O–H groups in total. The number of nitrogens with two attached hydrogens (primary N) is 1. The standard InChI is InChI=1S/C17H24N2O5/c1-3-23-10-12-6-7-19(9-12)17(21)13-4-5-14(15(8-13)22-2)24-11-16(18)20/h4-5,8,12H,3,6-7,9-11H2,1-2H3,(H2,18,20). The Labute approximate surface area is 141 Å². The summed E-state index contributed by atoms with van der Waals surface area (Å²) in [7, 11) is 1.48. The summed E-state index contributed by atoms with van der Waals surface area (Å²) in [5, 5.41) is 0. The highest BCUT2D eigenvalue weighted by atomic mass is 16.5. The van der Waals surface area contributed by atoms with E-state index >= 15 is 0 Å². The average Bonchev–Trinajstić information content (AvgIpc) is 3.06. The maximum atomic E-state index is 12.6. The van der Waals surface area contributed by atoms with Crippen molar-refractivity contribution < 1.29 is 23.8 Å². The molecule has 1 aliphatic heterocycles. The van der Waals surface area contributed by atoms with Crippen molar-refractivity contribution in [2.45, 2.75) is 13.3 Å². The maximum absolute atomic E-state index is 12.6. The minimum atomic E-state index is -0.574. The lowest BCUT2D eigenvalue weighted by atomic mass is 10.1. The number of carbonyl (C=O) groups excluding carboxylic acids is 2. The van der Waals surface area contributed by atoms with Crippen molar-refractivity contribution in [3.63, 3.8) is 0 Å². The number of carbonyl (C=O) groups is 2. The van der Waals surface area contributed by atoms with Gasteiger partial charge >= 0.3 is 0 Å². The van der Waals surface area contributed by atoms with Crippen LogP contribution in [-0.4, -0.2) is 56.7 Å². The highest BCUT2D eigenvalue weighted by molar-refractivity contribution is 5.95. The first-order chi connectivity index (χ1) is 11.5. The van der Waals surface area contributed by atoms with Gasteiger partial charge in [0.05, 0.1) is 13.7 Å². The molecule has 0 radical (unpaired) electrons. The molecule has 24 heavy (non-hydrogen) atoms. The molecule has 1 aliphatic rings. The Hall–Kier alpha value is -2.28. The molecule has 7 nitrogen and oxygen atoms in total. The molecule has 0 aromatic heterocycles. The van der Waals surface area contributed by atoms with Crippen molar-refractivity contribution in [2.24, 2.45) is 11.7 Å². The molecule has 1 aromatic carbocycles. The first kappa shape index (κ1) is 18.1. The number of likely N-dealkylation sites (tertiary alicyclic amines) is 1. The minimum absolute atomic E-state index is 0.0475. The summed E-state index contributed by atoms with van der Waals surface area (Å²) < 4.78 is 15.9. The van der Waals surface area contributed by atoms with E-state index in [0.29, 0.717) is 42.7 Å². The number of rotatable bonds is 8. The lowest BCUT2D eigenvalue weighted by Gasteiger charge is -2.18. The predicted octanol–water partition coefficient (Wildman–Crippen LogP) is 1.06. The normalized spacial score (nSPS) is 16.9. The van der Waals surface area contributed by atoms with Crippen LogP contribution in [0.2, 0.25) is 0 Å². The van der Waals surface area contributed by atoms with Crippen LogP contribution in [0.15, 0.2) is 18.2 Å². The molecule has 1 heterocycles. The highest BCUT2D eigenvalue weighted by Crippen LogP contribution is 2.29. The summed E-state index contributed by atoms with van der Waals surface area (Å²) >= 11 is 0. The summed E-state index contributed by atoms with van der Waals surface area (Å²) in [5.74, 6) is 0.535. The van der Waals surface area contributed by atoms with E-state index in [1.165, 1.54) is 7.11 Å². The van der Waals surface area contributed by atoms with Crippen molar-refractivity contribution in [1.82, 2.24) is 4.90 Å². The van der Waals surface area contributed by atoms with Crippen molar-refractivity contribution in [3.05, 3.63) is 23.8 Å². The zero-order valence-corrected chi connectivity index (χ0v) is 14.1. The number of ether oxygens (including phenoxy) is 3. The van der Waals surface area contributed by atoms with Crippen LogP contribution in [0.1, 0.15) is 23.7 Å². The maximum Gasteiger partial charge on any atom is 0.255 e. The van der Waals surface area contributed by atoms with Crippen LogP contribution >= 0.6 is 0 Å². The largest absolute Gasteiger partial charge is 0.493 e. The molecule has 1 saturated heterocycles. The minimum Gasteiger partial charge on any atom is -0.493 e. The Morgan fingerprint density at radius 2 is 2.12 bits per heavy atom. The topological polar surface area (TPSA) is 91.1 Å². The molecule has 0 bridgehead atoms. The van der Waals surface area contributed by atoms with Crippen LogP contribution in [0, 0.1) is 5.92 Å². The highest BCUT2D eigenvalue weighted by Gasteiger charge is 2.27. The first-order valence-electron chi connectivity index (χ1n) is 8.01. The number of hydrogen-bond donors (Lipinski definition) is 1. The van der Waals surface area contributed by atoms with Gasteiger partial charge in [-0.05, 0) is 31.5 Å². The van der Waals surface area contributed by atoms with Crippen LogP contribution in [0.25, 0.3) is 0 Å². The Bertz CT molecular complexity index is 590. The molecule has 2 amide bonds. The summed E-state index contributed by atoms with van der Waals surface area (Å²) in [6.45, 7) is 4.51. The van der Waals surface area contributed by atoms with E-state index in [1.54, 1.807) is 18.2 Å². The number of nitrogens with zero attached hydrogens (tertiary/aromatic N) is 1. The van der Waals surface area contributed by atoms with E-state index in [9.17, 15) is 9.59 Å². The van der Waals surface area contributed by atoms with Gasteiger partial charge in [-0.15, -0.1) is 0 Å². The Balaban J connectivity index is 2.03. The Kier molecular flexibility index (Phi) is 6.43. The van der Waals surface area contributed by atoms with E-state index in [4.69, 9.17) is 19.9 Å². The number of primary amides is 1. The number of hydrogen-bond acceptors (Lipinski definition) is 5. The van der Waals surface area contributed by atoms with Crippen LogP contribution < -0.4 is 15.2 Å². The fraction of sp³-hybridized carbons (Fsp3) is 0.529. The van der Waals surface area contributed by atoms with Gasteiger partial charge < -0.3 is 24.8 Å². The van der Waals surface area contributed by atoms with E-state index < -0.39 is 5.91 Å². The van der Waals surface area contributed by atoms with Crippen molar-refractivity contribution in [3.8, 4) is 11.5 Å². The second kappa shape index (κ2) is 8.54. The molecule has 7 heteroatoms. The van der Waals surface area contributed by atoms with Crippen molar-refractivity contribution >= 4 is 11.8 Å². The van der Waals surface area contributed by atoms with Gasteiger partial charge in [-0.25, -0.2) is 0 Å². The summed E-state index contributed by atoms with van der Waals surface area (Å²) in [5.41, 5.74) is 5.59. The molecule has 1 fully saturated rings. The molecular formula is C17H24N2O5. The van der Waals surface area contributed by atoms with Gasteiger partial charge in [-0.3, -0.25) is 9.59 Å². The van der Waals surface area contributed by atoms with Gasteiger partial charge in [0, 0.05) is 31.2 Å². The zero-order valence-electron chi connectivity index (χ0n) is 14.1. The summed E-state index contributed by atoms with van der Waals surface area (Å²) in [4.78, 5) is 25.3. The molecule has 2 rings (SSSR count). The van der Waals surface area contributed by atoms with Gasteiger partial charge in [0.2, 0.25) is 0 Å². The van der Waals surface area contributed by atoms with Crippen LogP contribution in [-0.2, 0) is 9.53 Å². The van der Waals surface area contributed by atoms with E-state index in [1.807, 2.05) is 11.8 Å². The van der Waals surface area contributed by atoms with Crippen molar-refractivity contribution in [1.29, 1.82) is 0 Å². The monoisotopic (exact) mass is 336 g/mol. The smallest absolute Gasteiger partial charge is 0.255 e. The zero-order chi connectivity index (χ0) is 17.5. The third-order valence-electron chi connectivity index (χ3n) is 3.91. The fourth-order valence-corrected chi connectivity index (χ4v) is 2.69. The number of methoxy groups -OCH3 is 1. The number of benzene rings is 1. The van der Waals surface area contributed by atoms with E-state index in [0.717, 1.165) is 13.0 Å². The van der Waals surface area contributed by atoms with Gasteiger partial charge in [-0.1, -0.05) is 0 Å². The van der Waals surface area contributed by atoms with E-state index in [2.05, 4.69) is 0 Å². The van der Waals surface area contributed by atoms with E-state index in [-0.39, 0.29) is 12.5 Å². The Morgan fingerprint density at radius 1 is 1.33 bits per heavy atom. The van der Waals surface area contributed by atoms with Gasteiger partial charge in [0.25, 0.3) is 11.8 Å². The molecule has 0 saturated carbocycles. The summed E-state index contributed by atoms with van der Waals surface area (Å²) in [6.07, 6.45) is 0.947. The quantitative estimate of drug-likeness (QED) is 0.766. The van der Waals surface area contributed by atoms with Crippen LogP contribution in [0.4, 0.5) is 0 Å². The molecule has 1 aromatic rings.